The Bertz CT molecular complexity index is 480. The summed E-state index contributed by atoms with van der Waals surface area (Å²) in [6.45, 7) is 4.10. The number of hydrogen-bond acceptors (Lipinski definition) is 2. The summed E-state index contributed by atoms with van der Waals surface area (Å²) in [4.78, 5) is 8.11. The van der Waals surface area contributed by atoms with Gasteiger partial charge in [0.2, 0.25) is 0 Å². The Morgan fingerprint density at radius 3 is 3.00 bits per heavy atom. The Hall–Kier alpha value is -1.41. The molecule has 0 saturated heterocycles. The minimum atomic E-state index is 0.612. The van der Waals surface area contributed by atoms with Crippen LogP contribution in [0.5, 0.6) is 0 Å². The SMILES string of the molecule is C=NCc1ccnc2cc(Cl)ccc12. The van der Waals surface area contributed by atoms with Crippen LogP contribution >= 0.6 is 11.6 Å². The fourth-order valence-corrected chi connectivity index (χ4v) is 1.61. The van der Waals surface area contributed by atoms with Crippen LogP contribution in [0.1, 0.15) is 5.56 Å². The van der Waals surface area contributed by atoms with Crippen molar-refractivity contribution < 1.29 is 0 Å². The van der Waals surface area contributed by atoms with Crippen LogP contribution in [-0.2, 0) is 6.54 Å². The third-order valence-electron chi connectivity index (χ3n) is 2.08. The Labute approximate surface area is 87.3 Å². The summed E-state index contributed by atoms with van der Waals surface area (Å²) in [5, 5.41) is 1.79. The van der Waals surface area contributed by atoms with Crippen LogP contribution in [0.4, 0.5) is 0 Å². The van der Waals surface area contributed by atoms with E-state index in [1.165, 1.54) is 0 Å². The Morgan fingerprint density at radius 1 is 1.36 bits per heavy atom. The van der Waals surface area contributed by atoms with E-state index in [1.54, 1.807) is 6.20 Å². The standard InChI is InChI=1S/C11H9ClN2/c1-13-7-8-4-5-14-11-6-9(12)2-3-10(8)11/h2-6H,1,7H2. The number of halogens is 1. The average molecular weight is 205 g/mol. The van der Waals surface area contributed by atoms with Crippen LogP contribution in [0.3, 0.4) is 0 Å². The van der Waals surface area contributed by atoms with Crippen molar-refractivity contribution in [3.05, 3.63) is 41.0 Å². The lowest BCUT2D eigenvalue weighted by atomic mass is 10.1. The summed E-state index contributed by atoms with van der Waals surface area (Å²) >= 11 is 5.87. The van der Waals surface area contributed by atoms with Crippen molar-refractivity contribution in [2.45, 2.75) is 6.54 Å². The highest BCUT2D eigenvalue weighted by Crippen LogP contribution is 2.20. The Morgan fingerprint density at radius 2 is 2.21 bits per heavy atom. The second kappa shape index (κ2) is 3.76. The van der Waals surface area contributed by atoms with Gasteiger partial charge in [-0.05, 0) is 30.5 Å². The maximum absolute atomic E-state index is 5.87. The highest BCUT2D eigenvalue weighted by atomic mass is 35.5. The quantitative estimate of drug-likeness (QED) is 0.691. The molecule has 2 rings (SSSR count). The van der Waals surface area contributed by atoms with Gasteiger partial charge in [-0.15, -0.1) is 0 Å². The molecule has 2 aromatic rings. The average Bonchev–Trinajstić information content (AvgIpc) is 2.18. The second-order valence-electron chi connectivity index (χ2n) is 3.01. The zero-order valence-electron chi connectivity index (χ0n) is 7.57. The van der Waals surface area contributed by atoms with Crippen molar-refractivity contribution >= 4 is 29.2 Å². The summed E-state index contributed by atoms with van der Waals surface area (Å²) < 4.78 is 0. The maximum atomic E-state index is 5.87. The van der Waals surface area contributed by atoms with E-state index in [0.29, 0.717) is 11.6 Å². The molecule has 0 spiro atoms. The van der Waals surface area contributed by atoms with Gasteiger partial charge in [0, 0.05) is 16.6 Å². The third-order valence-corrected chi connectivity index (χ3v) is 2.31. The molecule has 0 aliphatic carbocycles. The minimum absolute atomic E-state index is 0.612. The Balaban J connectivity index is 2.68. The third kappa shape index (κ3) is 1.61. The summed E-state index contributed by atoms with van der Waals surface area (Å²) in [7, 11) is 0. The zero-order chi connectivity index (χ0) is 9.97. The summed E-state index contributed by atoms with van der Waals surface area (Å²) in [5.41, 5.74) is 2.03. The van der Waals surface area contributed by atoms with Crippen molar-refractivity contribution in [2.24, 2.45) is 4.99 Å². The first kappa shape index (κ1) is 9.16. The fraction of sp³-hybridized carbons (Fsp3) is 0.0909. The summed E-state index contributed by atoms with van der Waals surface area (Å²) in [6.07, 6.45) is 1.76. The van der Waals surface area contributed by atoms with Gasteiger partial charge in [-0.2, -0.15) is 0 Å². The normalized spacial score (nSPS) is 10.4. The van der Waals surface area contributed by atoms with Crippen molar-refractivity contribution in [3.8, 4) is 0 Å². The van der Waals surface area contributed by atoms with Crippen LogP contribution in [0, 0.1) is 0 Å². The predicted octanol–water partition coefficient (Wildman–Crippen LogP) is 3.09. The largest absolute Gasteiger partial charge is 0.296 e. The first-order valence-electron chi connectivity index (χ1n) is 4.27. The lowest BCUT2D eigenvalue weighted by Gasteiger charge is -2.02. The van der Waals surface area contributed by atoms with E-state index in [-0.39, 0.29) is 0 Å². The Kier molecular flexibility index (Phi) is 2.46. The van der Waals surface area contributed by atoms with E-state index >= 15 is 0 Å². The highest BCUT2D eigenvalue weighted by molar-refractivity contribution is 6.31. The first-order chi connectivity index (χ1) is 6.81. The van der Waals surface area contributed by atoms with Crippen LogP contribution in [0.2, 0.25) is 5.02 Å². The van der Waals surface area contributed by atoms with Gasteiger partial charge in [0.25, 0.3) is 0 Å². The maximum Gasteiger partial charge on any atom is 0.0720 e. The molecular formula is C11H9ClN2. The molecule has 0 atom stereocenters. The summed E-state index contributed by atoms with van der Waals surface area (Å²) in [5.74, 6) is 0. The molecule has 0 aliphatic rings. The number of hydrogen-bond donors (Lipinski definition) is 0. The molecule has 0 bridgehead atoms. The summed E-state index contributed by atoms with van der Waals surface area (Å²) in [6, 6.07) is 7.62. The number of rotatable bonds is 2. The molecule has 1 heterocycles. The molecule has 70 valence electrons. The second-order valence-corrected chi connectivity index (χ2v) is 3.45. The number of aromatic nitrogens is 1. The minimum Gasteiger partial charge on any atom is -0.296 e. The van der Waals surface area contributed by atoms with Crippen LogP contribution < -0.4 is 0 Å². The van der Waals surface area contributed by atoms with Crippen molar-refractivity contribution in [2.75, 3.05) is 0 Å². The van der Waals surface area contributed by atoms with Crippen LogP contribution in [-0.4, -0.2) is 11.7 Å². The molecule has 0 unspecified atom stereocenters. The molecule has 0 aliphatic heterocycles. The van der Waals surface area contributed by atoms with Gasteiger partial charge >= 0.3 is 0 Å². The molecule has 14 heavy (non-hydrogen) atoms. The molecular weight excluding hydrogens is 196 g/mol. The zero-order valence-corrected chi connectivity index (χ0v) is 8.33. The van der Waals surface area contributed by atoms with Gasteiger partial charge in [-0.3, -0.25) is 9.98 Å². The fourth-order valence-electron chi connectivity index (χ4n) is 1.44. The van der Waals surface area contributed by atoms with Crippen molar-refractivity contribution in [1.29, 1.82) is 0 Å². The number of benzene rings is 1. The van der Waals surface area contributed by atoms with E-state index in [0.717, 1.165) is 16.5 Å². The van der Waals surface area contributed by atoms with Gasteiger partial charge in [-0.1, -0.05) is 17.7 Å². The van der Waals surface area contributed by atoms with Crippen LogP contribution in [0.15, 0.2) is 35.5 Å². The number of pyridine rings is 1. The number of fused-ring (bicyclic) bond motifs is 1. The van der Waals surface area contributed by atoms with E-state index in [1.807, 2.05) is 24.3 Å². The van der Waals surface area contributed by atoms with Gasteiger partial charge in [0.05, 0.1) is 12.1 Å². The van der Waals surface area contributed by atoms with Crippen molar-refractivity contribution in [3.63, 3.8) is 0 Å². The van der Waals surface area contributed by atoms with Crippen LogP contribution in [0.25, 0.3) is 10.9 Å². The molecule has 0 radical (unpaired) electrons. The molecule has 1 aromatic carbocycles. The van der Waals surface area contributed by atoms with Gasteiger partial charge in [-0.25, -0.2) is 0 Å². The monoisotopic (exact) mass is 204 g/mol. The first-order valence-corrected chi connectivity index (χ1v) is 4.64. The molecule has 0 saturated carbocycles. The van der Waals surface area contributed by atoms with Gasteiger partial charge in [0.15, 0.2) is 0 Å². The molecule has 3 heteroatoms. The van der Waals surface area contributed by atoms with E-state index in [2.05, 4.69) is 16.7 Å². The number of nitrogens with zero attached hydrogens (tertiary/aromatic N) is 2. The van der Waals surface area contributed by atoms with E-state index in [9.17, 15) is 0 Å². The molecule has 0 amide bonds. The van der Waals surface area contributed by atoms with E-state index < -0.39 is 0 Å². The molecule has 0 fully saturated rings. The molecule has 1 aromatic heterocycles. The molecule has 0 N–H and O–H groups in total. The smallest absolute Gasteiger partial charge is 0.0720 e. The predicted molar refractivity (Wildman–Crippen MR) is 60.0 cm³/mol. The lowest BCUT2D eigenvalue weighted by molar-refractivity contribution is 1.09. The van der Waals surface area contributed by atoms with Gasteiger partial charge in [0.1, 0.15) is 0 Å². The molecule has 2 nitrogen and oxygen atoms in total. The number of aliphatic imine (C=N–C) groups is 1. The highest BCUT2D eigenvalue weighted by Gasteiger charge is 2.00. The van der Waals surface area contributed by atoms with E-state index in [4.69, 9.17) is 11.6 Å². The van der Waals surface area contributed by atoms with Crippen molar-refractivity contribution in [1.82, 2.24) is 4.98 Å². The lowest BCUT2D eigenvalue weighted by Crippen LogP contribution is -1.86. The topological polar surface area (TPSA) is 25.2 Å². The van der Waals surface area contributed by atoms with Gasteiger partial charge < -0.3 is 0 Å².